The van der Waals surface area contributed by atoms with E-state index in [4.69, 9.17) is 21.8 Å². The van der Waals surface area contributed by atoms with Crippen molar-refractivity contribution in [2.24, 2.45) is 0 Å². The number of para-hydroxylation sites is 1. The summed E-state index contributed by atoms with van der Waals surface area (Å²) in [5, 5.41) is 0.608. The van der Waals surface area contributed by atoms with Crippen molar-refractivity contribution in [3.63, 3.8) is 0 Å². The summed E-state index contributed by atoms with van der Waals surface area (Å²) < 4.78 is 5.52. The van der Waals surface area contributed by atoms with Crippen LogP contribution in [-0.2, 0) is 0 Å². The van der Waals surface area contributed by atoms with Gasteiger partial charge in [-0.1, -0.05) is 17.7 Å². The zero-order chi connectivity index (χ0) is 11.7. The molecular formula is C12H13ClN2O. The lowest BCUT2D eigenvalue weighted by Crippen LogP contribution is -2.11. The largest absolute Gasteiger partial charge is 0.446 e. The van der Waals surface area contributed by atoms with Crippen LogP contribution in [0, 0.1) is 6.92 Å². The third-order valence-electron chi connectivity index (χ3n) is 2.41. The predicted octanol–water partition coefficient (Wildman–Crippen LogP) is 3.59. The molecule has 0 spiro atoms. The van der Waals surface area contributed by atoms with Crippen LogP contribution >= 0.6 is 11.6 Å². The highest BCUT2D eigenvalue weighted by atomic mass is 35.5. The number of hydrogen-bond acceptors (Lipinski definition) is 3. The Morgan fingerprint density at radius 2 is 2.00 bits per heavy atom. The molecular weight excluding hydrogens is 224 g/mol. The van der Waals surface area contributed by atoms with Crippen LogP contribution in [-0.4, -0.2) is 7.05 Å². The van der Waals surface area contributed by atoms with Gasteiger partial charge in [0.25, 0.3) is 0 Å². The molecule has 84 valence electrons. The molecule has 2 aromatic rings. The molecule has 0 radical (unpaired) electrons. The lowest BCUT2D eigenvalue weighted by atomic mass is 10.2. The van der Waals surface area contributed by atoms with E-state index in [-0.39, 0.29) is 0 Å². The molecule has 0 aliphatic heterocycles. The number of rotatable bonds is 2. The summed E-state index contributed by atoms with van der Waals surface area (Å²) in [5.41, 5.74) is 7.29. The maximum Gasteiger partial charge on any atom is 0.199 e. The van der Waals surface area contributed by atoms with E-state index in [1.165, 1.54) is 0 Å². The highest BCUT2D eigenvalue weighted by molar-refractivity contribution is 6.34. The monoisotopic (exact) mass is 236 g/mol. The number of benzene rings is 1. The van der Waals surface area contributed by atoms with Gasteiger partial charge in [-0.15, -0.1) is 0 Å². The maximum absolute atomic E-state index is 6.12. The fourth-order valence-electron chi connectivity index (χ4n) is 1.60. The molecule has 1 heterocycles. The predicted molar refractivity (Wildman–Crippen MR) is 67.4 cm³/mol. The SMILES string of the molecule is Cc1ccc(N(C)c2c(N)cccc2Cl)o1. The van der Waals surface area contributed by atoms with Crippen molar-refractivity contribution in [2.45, 2.75) is 6.92 Å². The molecule has 1 aromatic carbocycles. The molecule has 0 aliphatic carbocycles. The van der Waals surface area contributed by atoms with Crippen LogP contribution in [0.1, 0.15) is 5.76 Å². The van der Waals surface area contributed by atoms with E-state index >= 15 is 0 Å². The molecule has 0 saturated heterocycles. The number of nitrogen functional groups attached to an aromatic ring is 1. The minimum Gasteiger partial charge on any atom is -0.446 e. The molecule has 2 N–H and O–H groups in total. The van der Waals surface area contributed by atoms with Gasteiger partial charge in [0.1, 0.15) is 5.76 Å². The number of aryl methyl sites for hydroxylation is 1. The third-order valence-corrected chi connectivity index (χ3v) is 2.72. The van der Waals surface area contributed by atoms with Crippen molar-refractivity contribution in [1.82, 2.24) is 0 Å². The van der Waals surface area contributed by atoms with Gasteiger partial charge in [0, 0.05) is 13.1 Å². The summed E-state index contributed by atoms with van der Waals surface area (Å²) in [6.07, 6.45) is 0. The molecule has 2 rings (SSSR count). The Morgan fingerprint density at radius 3 is 2.56 bits per heavy atom. The molecule has 1 aromatic heterocycles. The molecule has 0 fully saturated rings. The second-order valence-electron chi connectivity index (χ2n) is 3.62. The van der Waals surface area contributed by atoms with Gasteiger partial charge in [-0.2, -0.15) is 0 Å². The average Bonchev–Trinajstić information content (AvgIpc) is 2.64. The van der Waals surface area contributed by atoms with Gasteiger partial charge in [-0.25, -0.2) is 0 Å². The summed E-state index contributed by atoms with van der Waals surface area (Å²) in [7, 11) is 1.87. The molecule has 0 bridgehead atoms. The molecule has 0 saturated carbocycles. The number of hydrogen-bond donors (Lipinski definition) is 1. The first kappa shape index (κ1) is 10.9. The number of nitrogens with zero attached hydrogens (tertiary/aromatic N) is 1. The van der Waals surface area contributed by atoms with Gasteiger partial charge >= 0.3 is 0 Å². The van der Waals surface area contributed by atoms with Crippen LogP contribution < -0.4 is 10.6 Å². The molecule has 4 heteroatoms. The van der Waals surface area contributed by atoms with Crippen molar-refractivity contribution in [2.75, 3.05) is 17.7 Å². The fraction of sp³-hybridized carbons (Fsp3) is 0.167. The standard InChI is InChI=1S/C12H13ClN2O/c1-8-6-7-11(16-8)15(2)12-9(13)4-3-5-10(12)14/h3-7H,14H2,1-2H3. The van der Waals surface area contributed by atoms with E-state index in [2.05, 4.69) is 0 Å². The Kier molecular flexibility index (Phi) is 2.79. The van der Waals surface area contributed by atoms with Crippen molar-refractivity contribution in [3.05, 3.63) is 41.1 Å². The van der Waals surface area contributed by atoms with Crippen LogP contribution in [0.3, 0.4) is 0 Å². The van der Waals surface area contributed by atoms with Crippen LogP contribution in [0.15, 0.2) is 34.7 Å². The Balaban J connectivity index is 2.45. The minimum absolute atomic E-state index is 0.608. The molecule has 0 aliphatic rings. The van der Waals surface area contributed by atoms with Crippen LogP contribution in [0.5, 0.6) is 0 Å². The Morgan fingerprint density at radius 1 is 1.25 bits per heavy atom. The second kappa shape index (κ2) is 4.10. The lowest BCUT2D eigenvalue weighted by Gasteiger charge is -2.19. The van der Waals surface area contributed by atoms with Crippen molar-refractivity contribution >= 4 is 28.9 Å². The van der Waals surface area contributed by atoms with Gasteiger partial charge in [-0.05, 0) is 25.1 Å². The topological polar surface area (TPSA) is 42.4 Å². The van der Waals surface area contributed by atoms with E-state index in [9.17, 15) is 0 Å². The van der Waals surface area contributed by atoms with Crippen LogP contribution in [0.4, 0.5) is 17.3 Å². The van der Waals surface area contributed by atoms with Crippen molar-refractivity contribution < 1.29 is 4.42 Å². The molecule has 16 heavy (non-hydrogen) atoms. The zero-order valence-electron chi connectivity index (χ0n) is 9.20. The highest BCUT2D eigenvalue weighted by Gasteiger charge is 2.13. The van der Waals surface area contributed by atoms with Gasteiger partial charge in [0.05, 0.1) is 16.4 Å². The second-order valence-corrected chi connectivity index (χ2v) is 4.03. The fourth-order valence-corrected chi connectivity index (χ4v) is 1.91. The maximum atomic E-state index is 6.12. The van der Waals surface area contributed by atoms with E-state index in [0.717, 1.165) is 17.3 Å². The minimum atomic E-state index is 0.608. The Bertz CT molecular complexity index is 487. The zero-order valence-corrected chi connectivity index (χ0v) is 9.95. The smallest absolute Gasteiger partial charge is 0.199 e. The normalized spacial score (nSPS) is 10.4. The van der Waals surface area contributed by atoms with Gasteiger partial charge in [0.15, 0.2) is 5.88 Å². The summed E-state index contributed by atoms with van der Waals surface area (Å²) in [5.74, 6) is 1.57. The Labute approximate surface area is 99.4 Å². The molecule has 0 unspecified atom stereocenters. The summed E-state index contributed by atoms with van der Waals surface area (Å²) in [6, 6.07) is 9.23. The summed E-state index contributed by atoms with van der Waals surface area (Å²) in [6.45, 7) is 1.90. The average molecular weight is 237 g/mol. The van der Waals surface area contributed by atoms with Gasteiger partial charge in [0.2, 0.25) is 0 Å². The third kappa shape index (κ3) is 1.86. The quantitative estimate of drug-likeness (QED) is 0.811. The molecule has 0 atom stereocenters. The lowest BCUT2D eigenvalue weighted by molar-refractivity contribution is 0.538. The van der Waals surface area contributed by atoms with E-state index in [1.807, 2.05) is 43.1 Å². The highest BCUT2D eigenvalue weighted by Crippen LogP contribution is 2.35. The number of anilines is 3. The number of furan rings is 1. The number of nitrogens with two attached hydrogens (primary N) is 1. The van der Waals surface area contributed by atoms with E-state index in [0.29, 0.717) is 10.7 Å². The first-order valence-electron chi connectivity index (χ1n) is 4.94. The van der Waals surface area contributed by atoms with Crippen LogP contribution in [0.2, 0.25) is 5.02 Å². The van der Waals surface area contributed by atoms with Gasteiger partial charge < -0.3 is 15.1 Å². The Hall–Kier alpha value is -1.61. The van der Waals surface area contributed by atoms with E-state index < -0.39 is 0 Å². The van der Waals surface area contributed by atoms with Crippen molar-refractivity contribution in [3.8, 4) is 0 Å². The summed E-state index contributed by atoms with van der Waals surface area (Å²) in [4.78, 5) is 1.84. The molecule has 0 amide bonds. The molecule has 3 nitrogen and oxygen atoms in total. The van der Waals surface area contributed by atoms with Crippen LogP contribution in [0.25, 0.3) is 0 Å². The van der Waals surface area contributed by atoms with Crippen molar-refractivity contribution in [1.29, 1.82) is 0 Å². The first-order chi connectivity index (χ1) is 7.59. The first-order valence-corrected chi connectivity index (χ1v) is 5.31. The number of halogens is 1. The van der Waals surface area contributed by atoms with E-state index in [1.54, 1.807) is 6.07 Å². The van der Waals surface area contributed by atoms with Gasteiger partial charge in [-0.3, -0.25) is 0 Å². The summed E-state index contributed by atoms with van der Waals surface area (Å²) >= 11 is 6.12.